The number of hydrogen-bond donors (Lipinski definition) is 1. The lowest BCUT2D eigenvalue weighted by molar-refractivity contribution is -0.0909. The largest absolute Gasteiger partial charge is 0.497 e. The zero-order valence-electron chi connectivity index (χ0n) is 29.1. The quantitative estimate of drug-likeness (QED) is 0.0703. The second kappa shape index (κ2) is 16.6. The molecule has 0 amide bonds. The minimum atomic E-state index is -1.52. The Balaban J connectivity index is 1.41. The van der Waals surface area contributed by atoms with Gasteiger partial charge in [0.1, 0.15) is 41.3 Å². The molecule has 1 fully saturated rings. The summed E-state index contributed by atoms with van der Waals surface area (Å²) in [5, 5.41) is 9.18. The lowest BCUT2D eigenvalue weighted by Crippen LogP contribution is -2.38. The normalized spacial score (nSPS) is 18.2. The van der Waals surface area contributed by atoms with Crippen molar-refractivity contribution >= 4 is 25.5 Å². The van der Waals surface area contributed by atoms with E-state index >= 15 is 0 Å². The number of hydrogen-bond acceptors (Lipinski definition) is 12. The van der Waals surface area contributed by atoms with Crippen LogP contribution in [0.3, 0.4) is 0 Å². The van der Waals surface area contributed by atoms with E-state index in [-0.39, 0.29) is 25.5 Å². The molecule has 266 valence electrons. The summed E-state index contributed by atoms with van der Waals surface area (Å²) in [7, 11) is 3.71. The van der Waals surface area contributed by atoms with Crippen LogP contribution in [0.2, 0.25) is 0 Å². The summed E-state index contributed by atoms with van der Waals surface area (Å²) in [5.74, 6) is 1.75. The first-order valence-corrected chi connectivity index (χ1v) is 17.8. The van der Waals surface area contributed by atoms with Gasteiger partial charge in [-0.3, -0.25) is 4.57 Å². The number of anilines is 1. The molecular weight excluding hydrogens is 669 g/mol. The molecule has 3 aromatic carbocycles. The summed E-state index contributed by atoms with van der Waals surface area (Å²) in [6.07, 6.45) is 2.25. The molecule has 0 spiro atoms. The zero-order chi connectivity index (χ0) is 35.8. The number of ether oxygens (including phenoxy) is 4. The molecule has 1 aliphatic rings. The van der Waals surface area contributed by atoms with E-state index in [2.05, 4.69) is 33.2 Å². The summed E-state index contributed by atoms with van der Waals surface area (Å²) in [6, 6.07) is 28.0. The fourth-order valence-electron chi connectivity index (χ4n) is 6.10. The minimum Gasteiger partial charge on any atom is -0.497 e. The van der Waals surface area contributed by atoms with Crippen LogP contribution in [0.15, 0.2) is 91.5 Å². The van der Waals surface area contributed by atoms with Gasteiger partial charge in [0.25, 0.3) is 8.53 Å². The van der Waals surface area contributed by atoms with Crippen LogP contribution in [-0.4, -0.2) is 77.4 Å². The number of benzene rings is 3. The number of fused-ring (bicyclic) bond motifs is 1. The van der Waals surface area contributed by atoms with E-state index in [1.807, 2.05) is 89.9 Å². The Morgan fingerprint density at radius 3 is 2.22 bits per heavy atom. The number of imidazole rings is 1. The molecule has 13 nitrogen and oxygen atoms in total. The molecule has 0 saturated carbocycles. The molecule has 0 aliphatic carbocycles. The maximum absolute atomic E-state index is 9.18. The van der Waals surface area contributed by atoms with E-state index in [0.29, 0.717) is 24.1 Å². The third-order valence-electron chi connectivity index (χ3n) is 8.89. The summed E-state index contributed by atoms with van der Waals surface area (Å²) in [4.78, 5) is 13.0. The van der Waals surface area contributed by atoms with Gasteiger partial charge in [-0.2, -0.15) is 5.26 Å². The van der Waals surface area contributed by atoms with Crippen LogP contribution in [0.1, 0.15) is 42.7 Å². The van der Waals surface area contributed by atoms with Crippen LogP contribution in [0.4, 0.5) is 5.82 Å². The molecule has 14 heteroatoms. The Hall–Kier alpha value is -4.67. The highest BCUT2D eigenvalue weighted by molar-refractivity contribution is 7.44. The predicted molar refractivity (Wildman–Crippen MR) is 193 cm³/mol. The van der Waals surface area contributed by atoms with E-state index in [0.717, 1.165) is 28.2 Å². The van der Waals surface area contributed by atoms with Gasteiger partial charge in [-0.25, -0.2) is 19.6 Å². The highest BCUT2D eigenvalue weighted by Gasteiger charge is 2.44. The standard InChI is InChI=1S/C37H42N7O6P/c1-5-43(2)51(48-21-9-20-38)50-31-22-33(44-25-42-34-35(39)40-24-41-36(34)44)49-32(31)23-47-37(26-10-7-6-8-11-26,27-12-16-29(45-3)17-13-27)28-14-18-30(46-4)19-15-28/h6-8,10-19,24-25,31-33H,5,9,21-23H2,1-4H3,(H2,39,40,41)/t31-,32+,33+,51?/m0/s1. The first kappa shape index (κ1) is 36.1. The van der Waals surface area contributed by atoms with Crippen molar-refractivity contribution in [2.45, 2.75) is 43.8 Å². The van der Waals surface area contributed by atoms with Crippen LogP contribution in [-0.2, 0) is 24.1 Å². The molecule has 3 heterocycles. The molecular formula is C37H42N7O6P. The third-order valence-corrected chi connectivity index (χ3v) is 10.6. The van der Waals surface area contributed by atoms with Gasteiger partial charge in [0.2, 0.25) is 0 Å². The van der Waals surface area contributed by atoms with E-state index in [4.69, 9.17) is 33.7 Å². The number of aromatic nitrogens is 4. The van der Waals surface area contributed by atoms with Crippen molar-refractivity contribution in [1.29, 1.82) is 5.26 Å². The number of methoxy groups -OCH3 is 2. The van der Waals surface area contributed by atoms with Crippen LogP contribution >= 0.6 is 8.53 Å². The van der Waals surface area contributed by atoms with E-state index in [9.17, 15) is 5.26 Å². The molecule has 1 aliphatic heterocycles. The number of nitriles is 1. The van der Waals surface area contributed by atoms with Crippen molar-refractivity contribution < 1.29 is 28.0 Å². The SMILES string of the molecule is CCN(C)P(OCCC#N)O[C@H]1C[C@H](n2cnc3c(N)ncnc32)O[C@@H]1COC(c1ccccc1)(c1ccc(OC)cc1)c1ccc(OC)cc1. The monoisotopic (exact) mass is 711 g/mol. The Morgan fingerprint density at radius 2 is 1.61 bits per heavy atom. The van der Waals surface area contributed by atoms with Gasteiger partial charge >= 0.3 is 0 Å². The first-order chi connectivity index (χ1) is 24.9. The summed E-state index contributed by atoms with van der Waals surface area (Å²) < 4.78 is 41.8. The summed E-state index contributed by atoms with van der Waals surface area (Å²) in [6.45, 7) is 3.10. The van der Waals surface area contributed by atoms with Crippen LogP contribution in [0.25, 0.3) is 11.2 Å². The van der Waals surface area contributed by atoms with E-state index < -0.39 is 32.6 Å². The van der Waals surface area contributed by atoms with Crippen molar-refractivity contribution in [1.82, 2.24) is 24.2 Å². The Labute approximate surface area is 298 Å². The molecule has 0 radical (unpaired) electrons. The lowest BCUT2D eigenvalue weighted by atomic mass is 9.80. The average molecular weight is 712 g/mol. The maximum Gasteiger partial charge on any atom is 0.258 e. The molecule has 51 heavy (non-hydrogen) atoms. The van der Waals surface area contributed by atoms with Gasteiger partial charge < -0.3 is 33.7 Å². The van der Waals surface area contributed by atoms with Gasteiger partial charge in [0, 0.05) is 13.0 Å². The second-order valence-electron chi connectivity index (χ2n) is 11.9. The average Bonchev–Trinajstić information content (AvgIpc) is 3.80. The Kier molecular flexibility index (Phi) is 11.7. The molecule has 2 aromatic heterocycles. The van der Waals surface area contributed by atoms with Crippen LogP contribution in [0, 0.1) is 11.3 Å². The second-order valence-corrected chi connectivity index (χ2v) is 13.5. The fraction of sp³-hybridized carbons (Fsp3) is 0.351. The van der Waals surface area contributed by atoms with E-state index in [1.54, 1.807) is 20.5 Å². The highest BCUT2D eigenvalue weighted by Crippen LogP contribution is 2.48. The lowest BCUT2D eigenvalue weighted by Gasteiger charge is -2.37. The van der Waals surface area contributed by atoms with Gasteiger partial charge in [-0.1, -0.05) is 61.5 Å². The molecule has 1 saturated heterocycles. The van der Waals surface area contributed by atoms with E-state index in [1.165, 1.54) is 6.33 Å². The van der Waals surface area contributed by atoms with Crippen molar-refractivity contribution in [2.24, 2.45) is 0 Å². The van der Waals surface area contributed by atoms with Crippen molar-refractivity contribution in [3.63, 3.8) is 0 Å². The maximum atomic E-state index is 9.18. The molecule has 4 atom stereocenters. The van der Waals surface area contributed by atoms with Gasteiger partial charge in [-0.05, 0) is 48.0 Å². The fourth-order valence-corrected chi connectivity index (χ4v) is 7.46. The van der Waals surface area contributed by atoms with Gasteiger partial charge in [-0.15, -0.1) is 0 Å². The minimum absolute atomic E-state index is 0.134. The van der Waals surface area contributed by atoms with Crippen molar-refractivity contribution in [3.8, 4) is 17.6 Å². The number of nitrogen functional groups attached to an aromatic ring is 1. The smallest absolute Gasteiger partial charge is 0.258 e. The van der Waals surface area contributed by atoms with Crippen molar-refractivity contribution in [2.75, 3.05) is 46.8 Å². The molecule has 0 bridgehead atoms. The summed E-state index contributed by atoms with van der Waals surface area (Å²) >= 11 is 0. The first-order valence-electron chi connectivity index (χ1n) is 16.7. The Bertz CT molecular complexity index is 1860. The van der Waals surface area contributed by atoms with Crippen molar-refractivity contribution in [3.05, 3.63) is 108 Å². The zero-order valence-corrected chi connectivity index (χ0v) is 30.0. The van der Waals surface area contributed by atoms with Gasteiger partial charge in [0.05, 0.1) is 52.4 Å². The predicted octanol–water partition coefficient (Wildman–Crippen LogP) is 6.22. The molecule has 6 rings (SSSR count). The highest BCUT2D eigenvalue weighted by atomic mass is 31.2. The van der Waals surface area contributed by atoms with Gasteiger partial charge in [0.15, 0.2) is 11.5 Å². The Morgan fingerprint density at radius 1 is 0.961 bits per heavy atom. The van der Waals surface area contributed by atoms with Crippen LogP contribution < -0.4 is 15.2 Å². The molecule has 2 N–H and O–H groups in total. The molecule has 5 aromatic rings. The third kappa shape index (κ3) is 7.67. The van der Waals surface area contributed by atoms with Crippen LogP contribution in [0.5, 0.6) is 11.5 Å². The number of nitrogens with zero attached hydrogens (tertiary/aromatic N) is 6. The molecule has 1 unspecified atom stereocenters. The summed E-state index contributed by atoms with van der Waals surface area (Å²) in [5.41, 5.74) is 8.82. The number of rotatable bonds is 16. The number of nitrogens with two attached hydrogens (primary N) is 1. The topological polar surface area (TPSA) is 152 Å².